The minimum absolute atomic E-state index is 0. The van der Waals surface area contributed by atoms with E-state index in [0.29, 0.717) is 11.3 Å². The molecule has 0 spiro atoms. The van der Waals surface area contributed by atoms with Gasteiger partial charge in [0.25, 0.3) is 0 Å². The molecular formula is C10H11FeNO4. The van der Waals surface area contributed by atoms with Crippen LogP contribution in [0.25, 0.3) is 0 Å². The van der Waals surface area contributed by atoms with E-state index >= 15 is 0 Å². The normalized spacial score (nSPS) is 10.7. The molecule has 0 bridgehead atoms. The Morgan fingerprint density at radius 1 is 1.38 bits per heavy atom. The maximum atomic E-state index is 10.3. The van der Waals surface area contributed by atoms with Gasteiger partial charge in [0.2, 0.25) is 0 Å². The molecule has 6 heteroatoms. The zero-order chi connectivity index (χ0) is 11.4. The monoisotopic (exact) mass is 265 g/mol. The van der Waals surface area contributed by atoms with Crippen molar-refractivity contribution in [2.24, 2.45) is 4.99 Å². The van der Waals surface area contributed by atoms with E-state index in [1.165, 1.54) is 18.2 Å². The summed E-state index contributed by atoms with van der Waals surface area (Å²) >= 11 is 0. The summed E-state index contributed by atoms with van der Waals surface area (Å²) in [6.45, 7) is 1.25. The Balaban J connectivity index is 0.00000225. The smallest absolute Gasteiger partial charge is 0.325 e. The maximum absolute atomic E-state index is 10.3. The number of carboxylic acids is 1. The predicted octanol–water partition coefficient (Wildman–Crippen LogP) is 0.989. The molecule has 1 aromatic carbocycles. The van der Waals surface area contributed by atoms with Crippen LogP contribution >= 0.6 is 0 Å². The number of rotatable bonds is 3. The first-order valence-corrected chi connectivity index (χ1v) is 4.26. The number of aromatic hydroxyl groups is 2. The molecule has 0 radical (unpaired) electrons. The van der Waals surface area contributed by atoms with Gasteiger partial charge in [0, 0.05) is 34.4 Å². The van der Waals surface area contributed by atoms with Crippen LogP contribution in [0.5, 0.6) is 11.5 Å². The average molecular weight is 265 g/mol. The maximum Gasteiger partial charge on any atom is 0.325 e. The molecule has 0 aliphatic rings. The predicted molar refractivity (Wildman–Crippen MR) is 54.5 cm³/mol. The zero-order valence-corrected chi connectivity index (χ0v) is 9.59. The summed E-state index contributed by atoms with van der Waals surface area (Å²) in [5.74, 6) is -1.21. The molecule has 0 fully saturated rings. The van der Waals surface area contributed by atoms with Gasteiger partial charge in [0.1, 0.15) is 18.0 Å². The molecule has 0 atom stereocenters. The van der Waals surface area contributed by atoms with Crippen molar-refractivity contribution in [1.82, 2.24) is 0 Å². The van der Waals surface area contributed by atoms with Crippen LogP contribution in [0.1, 0.15) is 12.5 Å². The van der Waals surface area contributed by atoms with Gasteiger partial charge in [0.15, 0.2) is 0 Å². The summed E-state index contributed by atoms with van der Waals surface area (Å²) in [4.78, 5) is 14.0. The number of carboxylic acid groups (broad SMARTS) is 1. The van der Waals surface area contributed by atoms with Crippen LogP contribution in [0.15, 0.2) is 23.2 Å². The standard InChI is InChI=1S/C10H11NO4.Fe/c1-6(11-5-10(14)15)8-3-2-7(12)4-9(8)13;/h2-4,12-13H,5H2,1H3,(H,14,15);/b11-6+;. The molecule has 88 valence electrons. The van der Waals surface area contributed by atoms with Gasteiger partial charge in [-0.25, -0.2) is 0 Å². The van der Waals surface area contributed by atoms with Crippen LogP contribution in [-0.2, 0) is 21.9 Å². The molecule has 5 nitrogen and oxygen atoms in total. The van der Waals surface area contributed by atoms with Gasteiger partial charge in [-0.3, -0.25) is 9.79 Å². The minimum atomic E-state index is -1.03. The summed E-state index contributed by atoms with van der Waals surface area (Å²) in [6.07, 6.45) is 0. The van der Waals surface area contributed by atoms with E-state index in [2.05, 4.69) is 4.99 Å². The number of carbonyl (C=O) groups is 1. The third kappa shape index (κ3) is 3.92. The Morgan fingerprint density at radius 3 is 2.50 bits per heavy atom. The fraction of sp³-hybridized carbons (Fsp3) is 0.200. The third-order valence-corrected chi connectivity index (χ3v) is 1.82. The van der Waals surface area contributed by atoms with Crippen molar-refractivity contribution in [2.45, 2.75) is 6.92 Å². The number of benzene rings is 1. The Bertz CT molecular complexity index is 417. The molecule has 0 heterocycles. The van der Waals surface area contributed by atoms with Crippen molar-refractivity contribution in [3.8, 4) is 11.5 Å². The van der Waals surface area contributed by atoms with Gasteiger partial charge < -0.3 is 15.3 Å². The first kappa shape index (κ1) is 14.5. The fourth-order valence-electron chi connectivity index (χ4n) is 1.10. The number of phenolic OH excluding ortho intramolecular Hbond substituents is 2. The molecular weight excluding hydrogens is 254 g/mol. The molecule has 1 rings (SSSR count). The van der Waals surface area contributed by atoms with E-state index in [0.717, 1.165) is 0 Å². The van der Waals surface area contributed by atoms with Gasteiger partial charge in [-0.15, -0.1) is 0 Å². The van der Waals surface area contributed by atoms with Crippen molar-refractivity contribution in [3.05, 3.63) is 23.8 Å². The summed E-state index contributed by atoms with van der Waals surface area (Å²) in [6, 6.07) is 4.05. The van der Waals surface area contributed by atoms with E-state index < -0.39 is 5.97 Å². The summed E-state index contributed by atoms with van der Waals surface area (Å²) in [5, 5.41) is 26.9. The second-order valence-electron chi connectivity index (χ2n) is 3.00. The molecule has 0 amide bonds. The zero-order valence-electron chi connectivity index (χ0n) is 8.49. The summed E-state index contributed by atoms with van der Waals surface area (Å²) < 4.78 is 0. The van der Waals surface area contributed by atoms with Crippen molar-refractivity contribution in [2.75, 3.05) is 6.54 Å². The van der Waals surface area contributed by atoms with Crippen LogP contribution in [0.4, 0.5) is 0 Å². The van der Waals surface area contributed by atoms with Gasteiger partial charge in [-0.2, -0.15) is 0 Å². The first-order chi connectivity index (χ1) is 7.00. The molecule has 16 heavy (non-hydrogen) atoms. The number of phenols is 2. The molecule has 3 N–H and O–H groups in total. The molecule has 0 saturated carbocycles. The first-order valence-electron chi connectivity index (χ1n) is 4.26. The Kier molecular flexibility index (Phi) is 5.56. The largest absolute Gasteiger partial charge is 0.508 e. The second kappa shape index (κ2) is 6.15. The van der Waals surface area contributed by atoms with E-state index in [-0.39, 0.29) is 35.1 Å². The molecule has 0 aliphatic carbocycles. The third-order valence-electron chi connectivity index (χ3n) is 1.82. The number of nitrogens with zero attached hydrogens (tertiary/aromatic N) is 1. The van der Waals surface area contributed by atoms with Gasteiger partial charge in [0.05, 0.1) is 0 Å². The minimum Gasteiger partial charge on any atom is -0.508 e. The van der Waals surface area contributed by atoms with Crippen LogP contribution in [0.3, 0.4) is 0 Å². The topological polar surface area (TPSA) is 90.1 Å². The molecule has 0 aromatic heterocycles. The van der Waals surface area contributed by atoms with Crippen LogP contribution in [-0.4, -0.2) is 33.5 Å². The van der Waals surface area contributed by atoms with E-state index in [1.54, 1.807) is 6.92 Å². The number of aliphatic carboxylic acids is 1. The SMILES string of the molecule is C/C(=N\CC(=O)O)c1ccc(O)cc1O.[Fe]. The van der Waals surface area contributed by atoms with E-state index in [1.807, 2.05) is 0 Å². The quantitative estimate of drug-likeness (QED) is 0.561. The van der Waals surface area contributed by atoms with Crippen LogP contribution in [0, 0.1) is 0 Å². The van der Waals surface area contributed by atoms with Crippen molar-refractivity contribution >= 4 is 11.7 Å². The number of hydrogen-bond acceptors (Lipinski definition) is 4. The summed E-state index contributed by atoms with van der Waals surface area (Å²) in [7, 11) is 0. The van der Waals surface area contributed by atoms with Crippen LogP contribution < -0.4 is 0 Å². The van der Waals surface area contributed by atoms with Gasteiger partial charge in [-0.1, -0.05) is 0 Å². The van der Waals surface area contributed by atoms with Crippen molar-refractivity contribution in [1.29, 1.82) is 0 Å². The van der Waals surface area contributed by atoms with Crippen LogP contribution in [0.2, 0.25) is 0 Å². The van der Waals surface area contributed by atoms with Gasteiger partial charge >= 0.3 is 5.97 Å². The Morgan fingerprint density at radius 2 is 2.00 bits per heavy atom. The van der Waals surface area contributed by atoms with E-state index in [4.69, 9.17) is 10.2 Å². The Labute approximate surface area is 103 Å². The Hall–Kier alpha value is -1.52. The average Bonchev–Trinajstić information content (AvgIpc) is 2.14. The van der Waals surface area contributed by atoms with Crippen molar-refractivity contribution in [3.63, 3.8) is 0 Å². The fourth-order valence-corrected chi connectivity index (χ4v) is 1.10. The number of aliphatic imine (C=N–C) groups is 1. The summed E-state index contributed by atoms with van der Waals surface area (Å²) in [5.41, 5.74) is 0.823. The molecule has 1 aromatic rings. The van der Waals surface area contributed by atoms with Crippen molar-refractivity contribution < 1.29 is 37.2 Å². The van der Waals surface area contributed by atoms with Gasteiger partial charge in [-0.05, 0) is 19.1 Å². The second-order valence-corrected chi connectivity index (χ2v) is 3.00. The van der Waals surface area contributed by atoms with E-state index in [9.17, 15) is 9.90 Å². The molecule has 0 unspecified atom stereocenters. The molecule has 0 aliphatic heterocycles. The number of hydrogen-bond donors (Lipinski definition) is 3. The molecule has 0 saturated heterocycles.